The van der Waals surface area contributed by atoms with Gasteiger partial charge in [0.15, 0.2) is 0 Å². The van der Waals surface area contributed by atoms with Crippen LogP contribution in [0, 0.1) is 0 Å². The molecule has 0 heterocycles. The Balaban J connectivity index is 3.88. The molecule has 210 valence electrons. The van der Waals surface area contributed by atoms with Crippen molar-refractivity contribution in [2.75, 3.05) is 6.61 Å². The molecule has 2 unspecified atom stereocenters. The summed E-state index contributed by atoms with van der Waals surface area (Å²) >= 11 is 0. The fraction of sp³-hybridized carbons (Fsp3) is 0.606. The Hall–Kier alpha value is -2.17. The van der Waals surface area contributed by atoms with Crippen molar-refractivity contribution in [3.63, 3.8) is 0 Å². The van der Waals surface area contributed by atoms with Gasteiger partial charge in [0.1, 0.15) is 0 Å². The van der Waals surface area contributed by atoms with E-state index in [1.54, 1.807) is 6.08 Å². The van der Waals surface area contributed by atoms with Crippen LogP contribution < -0.4 is 5.32 Å². The number of unbranched alkanes of at least 4 members (excludes halogenated alkanes) is 7. The molecule has 0 aromatic rings. The van der Waals surface area contributed by atoms with E-state index in [9.17, 15) is 15.0 Å². The summed E-state index contributed by atoms with van der Waals surface area (Å²) in [5, 5.41) is 22.6. The fourth-order valence-electron chi connectivity index (χ4n) is 3.65. The number of nitrogens with one attached hydrogen (secondary N) is 1. The molecule has 0 radical (unpaired) electrons. The highest BCUT2D eigenvalue weighted by molar-refractivity contribution is 5.76. The third-order valence-electron chi connectivity index (χ3n) is 5.92. The Kier molecular flexibility index (Phi) is 26.7. The molecule has 0 aromatic heterocycles. The van der Waals surface area contributed by atoms with Gasteiger partial charge in [-0.25, -0.2) is 0 Å². The van der Waals surface area contributed by atoms with Crippen LogP contribution in [0.5, 0.6) is 0 Å². The van der Waals surface area contributed by atoms with Gasteiger partial charge in [0.05, 0.1) is 18.8 Å². The van der Waals surface area contributed by atoms with Gasteiger partial charge < -0.3 is 15.5 Å². The zero-order valence-corrected chi connectivity index (χ0v) is 23.7. The smallest absolute Gasteiger partial charge is 0.220 e. The molecule has 0 rings (SSSR count). The molecular weight excluding hydrogens is 458 g/mol. The summed E-state index contributed by atoms with van der Waals surface area (Å²) in [6, 6.07) is -0.660. The van der Waals surface area contributed by atoms with Crippen molar-refractivity contribution in [3.8, 4) is 0 Å². The Morgan fingerprint density at radius 2 is 1.22 bits per heavy atom. The van der Waals surface area contributed by atoms with Gasteiger partial charge in [-0.3, -0.25) is 4.79 Å². The van der Waals surface area contributed by atoms with E-state index in [1.807, 2.05) is 6.08 Å². The second-order valence-electron chi connectivity index (χ2n) is 9.42. The number of rotatable bonds is 24. The molecule has 4 nitrogen and oxygen atoms in total. The minimum atomic E-state index is -0.878. The summed E-state index contributed by atoms with van der Waals surface area (Å²) < 4.78 is 0. The van der Waals surface area contributed by atoms with Crippen LogP contribution in [0.2, 0.25) is 0 Å². The minimum absolute atomic E-state index is 0.123. The van der Waals surface area contributed by atoms with Gasteiger partial charge in [-0.1, -0.05) is 106 Å². The quantitative estimate of drug-likeness (QED) is 0.0903. The van der Waals surface area contributed by atoms with Crippen molar-refractivity contribution in [2.24, 2.45) is 0 Å². The molecule has 0 aliphatic heterocycles. The lowest BCUT2D eigenvalue weighted by molar-refractivity contribution is -0.123. The van der Waals surface area contributed by atoms with Crippen LogP contribution in [0.3, 0.4) is 0 Å². The molecule has 37 heavy (non-hydrogen) atoms. The lowest BCUT2D eigenvalue weighted by Crippen LogP contribution is -2.45. The summed E-state index contributed by atoms with van der Waals surface area (Å²) in [6.45, 7) is 4.08. The van der Waals surface area contributed by atoms with Gasteiger partial charge in [-0.2, -0.15) is 0 Å². The van der Waals surface area contributed by atoms with E-state index < -0.39 is 12.1 Å². The first-order valence-corrected chi connectivity index (χ1v) is 14.7. The molecular formula is C33H55NO3. The van der Waals surface area contributed by atoms with Crippen LogP contribution in [0.25, 0.3) is 0 Å². The van der Waals surface area contributed by atoms with E-state index >= 15 is 0 Å². The van der Waals surface area contributed by atoms with Crippen LogP contribution in [0.4, 0.5) is 0 Å². The van der Waals surface area contributed by atoms with Crippen molar-refractivity contribution < 1.29 is 15.0 Å². The van der Waals surface area contributed by atoms with Gasteiger partial charge in [0, 0.05) is 6.42 Å². The molecule has 0 fully saturated rings. The highest BCUT2D eigenvalue weighted by Gasteiger charge is 2.17. The SMILES string of the molecule is CC/C=C\C/C=C\C/C=C\C/C=C\CCCCC(=O)NC(CO)C(O)/C=C/CC/C=C/CCCCCC. The molecule has 0 spiro atoms. The summed E-state index contributed by atoms with van der Waals surface area (Å²) in [5.74, 6) is -0.123. The number of allylic oxidation sites excluding steroid dienone is 11. The van der Waals surface area contributed by atoms with Crippen LogP contribution >= 0.6 is 0 Å². The zero-order chi connectivity index (χ0) is 27.2. The lowest BCUT2D eigenvalue weighted by atomic mass is 10.1. The summed E-state index contributed by atoms with van der Waals surface area (Å²) in [5.41, 5.74) is 0. The summed E-state index contributed by atoms with van der Waals surface area (Å²) in [6.07, 6.45) is 39.7. The van der Waals surface area contributed by atoms with Crippen LogP contribution in [0.15, 0.2) is 72.9 Å². The maximum absolute atomic E-state index is 12.2. The van der Waals surface area contributed by atoms with E-state index in [0.29, 0.717) is 6.42 Å². The molecule has 0 bridgehead atoms. The number of aliphatic hydroxyl groups is 2. The molecule has 1 amide bonds. The van der Waals surface area contributed by atoms with Crippen molar-refractivity contribution >= 4 is 5.91 Å². The number of carbonyl (C=O) groups excluding carboxylic acids is 1. The van der Waals surface area contributed by atoms with Crippen molar-refractivity contribution in [3.05, 3.63) is 72.9 Å². The first-order chi connectivity index (χ1) is 18.2. The van der Waals surface area contributed by atoms with Crippen molar-refractivity contribution in [1.82, 2.24) is 5.32 Å². The Morgan fingerprint density at radius 1 is 0.676 bits per heavy atom. The molecule has 0 aliphatic carbocycles. The van der Waals surface area contributed by atoms with Crippen molar-refractivity contribution in [2.45, 2.75) is 122 Å². The highest BCUT2D eigenvalue weighted by atomic mass is 16.3. The van der Waals surface area contributed by atoms with E-state index in [0.717, 1.165) is 64.2 Å². The summed E-state index contributed by atoms with van der Waals surface area (Å²) in [4.78, 5) is 12.2. The number of aliphatic hydroxyl groups excluding tert-OH is 2. The maximum Gasteiger partial charge on any atom is 0.220 e. The predicted molar refractivity (Wildman–Crippen MR) is 160 cm³/mol. The van der Waals surface area contributed by atoms with Gasteiger partial charge >= 0.3 is 0 Å². The molecule has 2 atom stereocenters. The number of hydrogen-bond donors (Lipinski definition) is 3. The van der Waals surface area contributed by atoms with Crippen LogP contribution in [-0.2, 0) is 4.79 Å². The first-order valence-electron chi connectivity index (χ1n) is 14.7. The fourth-order valence-corrected chi connectivity index (χ4v) is 3.65. The van der Waals surface area contributed by atoms with Gasteiger partial charge in [0.25, 0.3) is 0 Å². The topological polar surface area (TPSA) is 69.6 Å². The molecule has 4 heteroatoms. The molecule has 3 N–H and O–H groups in total. The van der Waals surface area contributed by atoms with E-state index in [2.05, 4.69) is 79.9 Å². The average molecular weight is 514 g/mol. The van der Waals surface area contributed by atoms with Gasteiger partial charge in [-0.15, -0.1) is 0 Å². The minimum Gasteiger partial charge on any atom is -0.394 e. The molecule has 0 aromatic carbocycles. The predicted octanol–water partition coefficient (Wildman–Crippen LogP) is 8.05. The van der Waals surface area contributed by atoms with E-state index in [-0.39, 0.29) is 12.5 Å². The number of carbonyl (C=O) groups is 1. The Labute approximate surface area is 228 Å². The van der Waals surface area contributed by atoms with Crippen LogP contribution in [0.1, 0.15) is 110 Å². The lowest BCUT2D eigenvalue weighted by Gasteiger charge is -2.19. The summed E-state index contributed by atoms with van der Waals surface area (Å²) in [7, 11) is 0. The number of amides is 1. The standard InChI is InChI=1S/C33H55NO3/c1-3-5-7-9-11-13-15-16-17-18-19-21-23-25-27-29-33(37)34-31(30-35)32(36)28-26-24-22-20-14-12-10-8-6-4-2/h5,7,11,13-14,16-17,19-21,26,28,31-32,35-36H,3-4,6,8-10,12,15,18,22-25,27,29-30H2,1-2H3,(H,34,37)/b7-5-,13-11-,17-16-,20-14+,21-19-,28-26+. The molecule has 0 saturated heterocycles. The Morgan fingerprint density at radius 3 is 1.84 bits per heavy atom. The van der Waals surface area contributed by atoms with Crippen molar-refractivity contribution in [1.29, 1.82) is 0 Å². The Bertz CT molecular complexity index is 688. The van der Waals surface area contributed by atoms with Gasteiger partial charge in [0.2, 0.25) is 5.91 Å². The highest BCUT2D eigenvalue weighted by Crippen LogP contribution is 2.06. The average Bonchev–Trinajstić information content (AvgIpc) is 2.90. The van der Waals surface area contributed by atoms with Crippen LogP contribution in [-0.4, -0.2) is 34.9 Å². The molecule has 0 aliphatic rings. The van der Waals surface area contributed by atoms with E-state index in [1.165, 1.54) is 25.7 Å². The second-order valence-corrected chi connectivity index (χ2v) is 9.42. The van der Waals surface area contributed by atoms with Gasteiger partial charge in [-0.05, 0) is 70.6 Å². The monoisotopic (exact) mass is 513 g/mol. The maximum atomic E-state index is 12.2. The van der Waals surface area contributed by atoms with E-state index in [4.69, 9.17) is 0 Å². The third kappa shape index (κ3) is 25.3. The third-order valence-corrected chi connectivity index (χ3v) is 5.92. The largest absolute Gasteiger partial charge is 0.394 e. The first kappa shape index (κ1) is 34.8. The normalized spacial score (nSPS) is 14.4. The number of hydrogen-bond acceptors (Lipinski definition) is 3. The molecule has 0 saturated carbocycles. The zero-order valence-electron chi connectivity index (χ0n) is 23.7. The second kappa shape index (κ2) is 28.4.